The molecule has 2 N–H and O–H groups in total. The molecule has 0 bridgehead atoms. The van der Waals surface area contributed by atoms with E-state index in [1.54, 1.807) is 17.8 Å². The standard InChI is InChI=1S/C20H31FN6S/c1-5-22-19(24-13-16-8-6-9-17(21)12-16)23-11-7-10-18-25-26-20(28-4)27(18)14-15(2)3/h6,8-9,12,15H,5,7,10-11,13-14H2,1-4H3,(H2,22,23,24). The summed E-state index contributed by atoms with van der Waals surface area (Å²) in [5.74, 6) is 2.08. The molecule has 154 valence electrons. The SMILES string of the molecule is CCNC(=NCc1cccc(F)c1)NCCCc1nnc(SC)n1CC(C)C. The number of halogens is 1. The van der Waals surface area contributed by atoms with Crippen molar-refractivity contribution in [2.75, 3.05) is 19.3 Å². The van der Waals surface area contributed by atoms with Gasteiger partial charge in [0.05, 0.1) is 6.54 Å². The predicted molar refractivity (Wildman–Crippen MR) is 114 cm³/mol. The van der Waals surface area contributed by atoms with Gasteiger partial charge in [-0.25, -0.2) is 9.38 Å². The lowest BCUT2D eigenvalue weighted by Gasteiger charge is -2.13. The monoisotopic (exact) mass is 406 g/mol. The Morgan fingerprint density at radius 2 is 2.11 bits per heavy atom. The third-order valence-corrected chi connectivity index (χ3v) is 4.71. The Kier molecular flexibility index (Phi) is 9.27. The van der Waals surface area contributed by atoms with Crippen LogP contribution in [0.3, 0.4) is 0 Å². The Labute approximate surface area is 171 Å². The van der Waals surface area contributed by atoms with Crippen LogP contribution in [0.15, 0.2) is 34.4 Å². The van der Waals surface area contributed by atoms with Gasteiger partial charge in [0.15, 0.2) is 11.1 Å². The van der Waals surface area contributed by atoms with Crippen LogP contribution in [0.4, 0.5) is 4.39 Å². The number of benzene rings is 1. The van der Waals surface area contributed by atoms with Gasteiger partial charge >= 0.3 is 0 Å². The molecular formula is C20H31FN6S. The van der Waals surface area contributed by atoms with Crippen LogP contribution in [0.2, 0.25) is 0 Å². The molecule has 0 saturated carbocycles. The van der Waals surface area contributed by atoms with Crippen LogP contribution in [-0.2, 0) is 19.5 Å². The van der Waals surface area contributed by atoms with Gasteiger partial charge in [0.25, 0.3) is 0 Å². The molecule has 2 aromatic rings. The van der Waals surface area contributed by atoms with Gasteiger partial charge in [0.1, 0.15) is 11.6 Å². The van der Waals surface area contributed by atoms with E-state index in [0.29, 0.717) is 12.5 Å². The van der Waals surface area contributed by atoms with Crippen LogP contribution >= 0.6 is 11.8 Å². The summed E-state index contributed by atoms with van der Waals surface area (Å²) in [6.45, 7) is 9.35. The first-order valence-electron chi connectivity index (χ1n) is 9.76. The number of aliphatic imine (C=N–C) groups is 1. The summed E-state index contributed by atoms with van der Waals surface area (Å²) < 4.78 is 15.5. The van der Waals surface area contributed by atoms with E-state index in [1.165, 1.54) is 12.1 Å². The maximum absolute atomic E-state index is 13.3. The van der Waals surface area contributed by atoms with Crippen molar-refractivity contribution in [2.24, 2.45) is 10.9 Å². The summed E-state index contributed by atoms with van der Waals surface area (Å²) in [5.41, 5.74) is 0.851. The van der Waals surface area contributed by atoms with Gasteiger partial charge in [-0.2, -0.15) is 0 Å². The smallest absolute Gasteiger partial charge is 0.191 e. The van der Waals surface area contributed by atoms with Crippen LogP contribution in [-0.4, -0.2) is 40.1 Å². The molecule has 0 radical (unpaired) electrons. The zero-order valence-electron chi connectivity index (χ0n) is 17.2. The molecule has 8 heteroatoms. The van der Waals surface area contributed by atoms with Gasteiger partial charge in [0.2, 0.25) is 0 Å². The van der Waals surface area contributed by atoms with E-state index in [1.807, 2.05) is 19.2 Å². The van der Waals surface area contributed by atoms with Crippen LogP contribution in [0.1, 0.15) is 38.6 Å². The van der Waals surface area contributed by atoms with Crippen LogP contribution in [0.25, 0.3) is 0 Å². The Morgan fingerprint density at radius 3 is 2.79 bits per heavy atom. The second-order valence-corrected chi connectivity index (χ2v) is 7.74. The molecule has 0 aliphatic rings. The van der Waals surface area contributed by atoms with Gasteiger partial charge in [-0.05, 0) is 43.2 Å². The second-order valence-electron chi connectivity index (χ2n) is 6.96. The van der Waals surface area contributed by atoms with Crippen molar-refractivity contribution in [1.29, 1.82) is 0 Å². The lowest BCUT2D eigenvalue weighted by atomic mass is 10.2. The number of aryl methyl sites for hydroxylation is 1. The normalized spacial score (nSPS) is 11.9. The minimum Gasteiger partial charge on any atom is -0.357 e. The second kappa shape index (κ2) is 11.7. The van der Waals surface area contributed by atoms with Gasteiger partial charge in [-0.3, -0.25) is 0 Å². The van der Waals surface area contributed by atoms with E-state index in [0.717, 1.165) is 55.0 Å². The number of hydrogen-bond donors (Lipinski definition) is 2. The lowest BCUT2D eigenvalue weighted by Crippen LogP contribution is -2.37. The van der Waals surface area contributed by atoms with Crippen molar-refractivity contribution >= 4 is 17.7 Å². The first kappa shape index (κ1) is 22.2. The third-order valence-electron chi connectivity index (χ3n) is 4.05. The van der Waals surface area contributed by atoms with Gasteiger partial charge in [0, 0.05) is 26.1 Å². The van der Waals surface area contributed by atoms with E-state index in [2.05, 4.69) is 44.2 Å². The fourth-order valence-corrected chi connectivity index (χ4v) is 3.33. The van der Waals surface area contributed by atoms with Crippen molar-refractivity contribution in [2.45, 2.75) is 51.9 Å². The van der Waals surface area contributed by atoms with E-state index in [9.17, 15) is 4.39 Å². The summed E-state index contributed by atoms with van der Waals surface area (Å²) >= 11 is 1.63. The van der Waals surface area contributed by atoms with Crippen LogP contribution in [0.5, 0.6) is 0 Å². The fourth-order valence-electron chi connectivity index (χ4n) is 2.80. The number of rotatable bonds is 10. The summed E-state index contributed by atoms with van der Waals surface area (Å²) in [6, 6.07) is 6.53. The molecular weight excluding hydrogens is 375 g/mol. The first-order valence-corrected chi connectivity index (χ1v) is 11.0. The molecule has 0 aliphatic carbocycles. The van der Waals surface area contributed by atoms with E-state index in [-0.39, 0.29) is 5.82 Å². The van der Waals surface area contributed by atoms with Gasteiger partial charge in [-0.1, -0.05) is 37.7 Å². The van der Waals surface area contributed by atoms with Crippen LogP contribution < -0.4 is 10.6 Å². The summed E-state index contributed by atoms with van der Waals surface area (Å²) in [7, 11) is 0. The number of thioether (sulfide) groups is 1. The molecule has 28 heavy (non-hydrogen) atoms. The van der Waals surface area contributed by atoms with Gasteiger partial charge < -0.3 is 15.2 Å². The molecule has 0 aliphatic heterocycles. The molecule has 0 amide bonds. The molecule has 6 nitrogen and oxygen atoms in total. The Balaban J connectivity index is 1.87. The molecule has 1 heterocycles. The van der Waals surface area contributed by atoms with E-state index in [4.69, 9.17) is 0 Å². The minimum absolute atomic E-state index is 0.235. The highest BCUT2D eigenvalue weighted by Crippen LogP contribution is 2.16. The lowest BCUT2D eigenvalue weighted by molar-refractivity contribution is 0.477. The number of guanidine groups is 1. The molecule has 1 aromatic heterocycles. The first-order chi connectivity index (χ1) is 13.5. The highest BCUT2D eigenvalue weighted by Gasteiger charge is 2.12. The average molecular weight is 407 g/mol. The van der Waals surface area contributed by atoms with Crippen molar-refractivity contribution in [3.8, 4) is 0 Å². The summed E-state index contributed by atoms with van der Waals surface area (Å²) in [4.78, 5) is 4.53. The van der Waals surface area contributed by atoms with E-state index < -0.39 is 0 Å². The number of aromatic nitrogens is 3. The fraction of sp³-hybridized carbons (Fsp3) is 0.550. The molecule has 2 rings (SSSR count). The Bertz CT molecular complexity index is 759. The molecule has 0 spiro atoms. The minimum atomic E-state index is -0.235. The number of nitrogens with zero attached hydrogens (tertiary/aromatic N) is 4. The highest BCUT2D eigenvalue weighted by molar-refractivity contribution is 7.98. The van der Waals surface area contributed by atoms with Crippen molar-refractivity contribution in [3.05, 3.63) is 41.5 Å². The predicted octanol–water partition coefficient (Wildman–Crippen LogP) is 3.48. The molecule has 0 unspecified atom stereocenters. The van der Waals surface area contributed by atoms with Gasteiger partial charge in [-0.15, -0.1) is 10.2 Å². The average Bonchev–Trinajstić information content (AvgIpc) is 3.04. The third kappa shape index (κ3) is 7.14. The van der Waals surface area contributed by atoms with E-state index >= 15 is 0 Å². The molecule has 0 atom stereocenters. The molecule has 0 saturated heterocycles. The molecule has 1 aromatic carbocycles. The summed E-state index contributed by atoms with van der Waals surface area (Å²) in [6.07, 6.45) is 3.81. The van der Waals surface area contributed by atoms with Crippen LogP contribution in [0, 0.1) is 11.7 Å². The van der Waals surface area contributed by atoms with Crippen molar-refractivity contribution < 1.29 is 4.39 Å². The molecule has 0 fully saturated rings. The quantitative estimate of drug-likeness (QED) is 0.274. The van der Waals surface area contributed by atoms with Crippen molar-refractivity contribution in [1.82, 2.24) is 25.4 Å². The highest BCUT2D eigenvalue weighted by atomic mass is 32.2. The maximum Gasteiger partial charge on any atom is 0.191 e. The number of hydrogen-bond acceptors (Lipinski definition) is 4. The zero-order valence-corrected chi connectivity index (χ0v) is 18.0. The largest absolute Gasteiger partial charge is 0.357 e. The van der Waals surface area contributed by atoms with Crippen molar-refractivity contribution in [3.63, 3.8) is 0 Å². The zero-order chi connectivity index (χ0) is 20.4. The Morgan fingerprint density at radius 1 is 1.29 bits per heavy atom. The summed E-state index contributed by atoms with van der Waals surface area (Å²) in [5, 5.41) is 16.2. The topological polar surface area (TPSA) is 67.1 Å². The number of nitrogens with one attached hydrogen (secondary N) is 2. The maximum atomic E-state index is 13.3. The Hall–Kier alpha value is -2.09.